The number of phenolic OH excluding ortho intramolecular Hbond substituents is 1. The van der Waals surface area contributed by atoms with Gasteiger partial charge in [0.05, 0.1) is 5.56 Å². The third-order valence-corrected chi connectivity index (χ3v) is 3.85. The van der Waals surface area contributed by atoms with Crippen LogP contribution in [0.3, 0.4) is 0 Å². The van der Waals surface area contributed by atoms with Crippen LogP contribution in [0.1, 0.15) is 36.8 Å². The molecule has 1 N–H and O–H groups in total. The molecule has 1 aliphatic rings. The van der Waals surface area contributed by atoms with Crippen LogP contribution in [-0.4, -0.2) is 29.6 Å². The number of piperidine rings is 1. The minimum Gasteiger partial charge on any atom is -0.507 e. The van der Waals surface area contributed by atoms with Gasteiger partial charge in [-0.1, -0.05) is 19.1 Å². The molecule has 1 heterocycles. The normalized spacial score (nSPS) is 18.7. The maximum atomic E-state index is 12.7. The molecule has 1 aromatic carbocycles. The number of para-hydroxylation sites is 1. The van der Waals surface area contributed by atoms with E-state index in [4.69, 9.17) is 0 Å². The number of halogens is 3. The molecule has 0 spiro atoms. The largest absolute Gasteiger partial charge is 0.507 e. The smallest absolute Gasteiger partial charge is 0.419 e. The van der Waals surface area contributed by atoms with Crippen molar-refractivity contribution in [3.63, 3.8) is 0 Å². The van der Waals surface area contributed by atoms with Crippen molar-refractivity contribution in [3.05, 3.63) is 29.3 Å². The molecular formula is C14H18F3NO. The lowest BCUT2D eigenvalue weighted by atomic mass is 9.87. The van der Waals surface area contributed by atoms with Crippen LogP contribution >= 0.6 is 0 Å². The number of rotatable bonds is 2. The monoisotopic (exact) mass is 273 g/mol. The lowest BCUT2D eigenvalue weighted by molar-refractivity contribution is -0.138. The SMILES string of the molecule is CCN1CCC(c2cccc(C(F)(F)F)c2O)CC1. The van der Waals surface area contributed by atoms with Crippen LogP contribution in [0.15, 0.2) is 18.2 Å². The van der Waals surface area contributed by atoms with Gasteiger partial charge < -0.3 is 10.0 Å². The molecule has 0 aromatic heterocycles. The zero-order valence-electron chi connectivity index (χ0n) is 10.9. The van der Waals surface area contributed by atoms with Crippen molar-refractivity contribution in [2.75, 3.05) is 19.6 Å². The van der Waals surface area contributed by atoms with Gasteiger partial charge in [-0.05, 0) is 50.0 Å². The quantitative estimate of drug-likeness (QED) is 0.889. The number of likely N-dealkylation sites (tertiary alicyclic amines) is 1. The highest BCUT2D eigenvalue weighted by Gasteiger charge is 2.35. The summed E-state index contributed by atoms with van der Waals surface area (Å²) in [7, 11) is 0. The highest BCUT2D eigenvalue weighted by atomic mass is 19.4. The Morgan fingerprint density at radius 3 is 2.42 bits per heavy atom. The van der Waals surface area contributed by atoms with Crippen molar-refractivity contribution in [2.45, 2.75) is 31.9 Å². The van der Waals surface area contributed by atoms with E-state index in [9.17, 15) is 18.3 Å². The van der Waals surface area contributed by atoms with E-state index in [2.05, 4.69) is 11.8 Å². The first-order chi connectivity index (χ1) is 8.93. The number of aromatic hydroxyl groups is 1. The van der Waals surface area contributed by atoms with Crippen molar-refractivity contribution in [3.8, 4) is 5.75 Å². The minimum atomic E-state index is -4.50. The summed E-state index contributed by atoms with van der Waals surface area (Å²) in [5.74, 6) is -0.574. The van der Waals surface area contributed by atoms with Crippen molar-refractivity contribution in [2.24, 2.45) is 0 Å². The second-order valence-corrected chi connectivity index (χ2v) is 4.95. The van der Waals surface area contributed by atoms with E-state index >= 15 is 0 Å². The fourth-order valence-corrected chi connectivity index (χ4v) is 2.68. The van der Waals surface area contributed by atoms with Crippen LogP contribution in [-0.2, 0) is 6.18 Å². The number of alkyl halides is 3. The highest BCUT2D eigenvalue weighted by molar-refractivity contribution is 5.44. The Morgan fingerprint density at radius 1 is 1.26 bits per heavy atom. The molecule has 106 valence electrons. The standard InChI is InChI=1S/C14H18F3NO/c1-2-18-8-6-10(7-9-18)11-4-3-5-12(13(11)19)14(15,16)17/h3-5,10,19H,2,6-9H2,1H3. The fraction of sp³-hybridized carbons (Fsp3) is 0.571. The summed E-state index contributed by atoms with van der Waals surface area (Å²) < 4.78 is 38.2. The summed E-state index contributed by atoms with van der Waals surface area (Å²) in [6.45, 7) is 4.77. The first kappa shape index (κ1) is 14.2. The van der Waals surface area contributed by atoms with Gasteiger partial charge in [0.1, 0.15) is 5.75 Å². The molecule has 0 aliphatic carbocycles. The van der Waals surface area contributed by atoms with Gasteiger partial charge in [0.25, 0.3) is 0 Å². The van der Waals surface area contributed by atoms with Gasteiger partial charge in [-0.3, -0.25) is 0 Å². The molecule has 1 saturated heterocycles. The molecule has 0 amide bonds. The molecule has 0 atom stereocenters. The van der Waals surface area contributed by atoms with Crippen molar-refractivity contribution < 1.29 is 18.3 Å². The Labute approximate surface area is 110 Å². The molecule has 5 heteroatoms. The Balaban J connectivity index is 2.22. The number of hydrogen-bond donors (Lipinski definition) is 1. The Kier molecular flexibility index (Phi) is 4.04. The van der Waals surface area contributed by atoms with Crippen LogP contribution in [0.4, 0.5) is 13.2 Å². The molecular weight excluding hydrogens is 255 g/mol. The number of hydrogen-bond acceptors (Lipinski definition) is 2. The second-order valence-electron chi connectivity index (χ2n) is 4.95. The summed E-state index contributed by atoms with van der Waals surface area (Å²) in [6, 6.07) is 3.92. The minimum absolute atomic E-state index is 0.0186. The predicted octanol–water partition coefficient (Wildman–Crippen LogP) is 3.61. The lowest BCUT2D eigenvalue weighted by Crippen LogP contribution is -2.32. The van der Waals surface area contributed by atoms with E-state index in [1.54, 1.807) is 6.07 Å². The van der Waals surface area contributed by atoms with Gasteiger partial charge in [-0.2, -0.15) is 13.2 Å². The predicted molar refractivity (Wildman–Crippen MR) is 67.2 cm³/mol. The van der Waals surface area contributed by atoms with E-state index in [0.717, 1.165) is 38.5 Å². The van der Waals surface area contributed by atoms with Crippen molar-refractivity contribution in [1.82, 2.24) is 4.90 Å². The third-order valence-electron chi connectivity index (χ3n) is 3.85. The van der Waals surface area contributed by atoms with Crippen LogP contribution in [0.2, 0.25) is 0 Å². The average Bonchev–Trinajstić information content (AvgIpc) is 2.38. The third kappa shape index (κ3) is 3.03. The molecule has 19 heavy (non-hydrogen) atoms. The van der Waals surface area contributed by atoms with E-state index in [1.807, 2.05) is 0 Å². The van der Waals surface area contributed by atoms with E-state index < -0.39 is 17.5 Å². The summed E-state index contributed by atoms with van der Waals surface area (Å²) in [6.07, 6.45) is -2.91. The van der Waals surface area contributed by atoms with Crippen LogP contribution in [0, 0.1) is 0 Å². The summed E-state index contributed by atoms with van der Waals surface area (Å²) in [5, 5.41) is 9.87. The summed E-state index contributed by atoms with van der Waals surface area (Å²) in [4.78, 5) is 2.27. The fourth-order valence-electron chi connectivity index (χ4n) is 2.68. The highest BCUT2D eigenvalue weighted by Crippen LogP contribution is 2.41. The average molecular weight is 273 g/mol. The number of phenols is 1. The van der Waals surface area contributed by atoms with E-state index in [-0.39, 0.29) is 5.92 Å². The van der Waals surface area contributed by atoms with Crippen molar-refractivity contribution >= 4 is 0 Å². The second kappa shape index (κ2) is 5.41. The van der Waals surface area contributed by atoms with Gasteiger partial charge >= 0.3 is 6.18 Å². The van der Waals surface area contributed by atoms with Gasteiger partial charge in [0.15, 0.2) is 0 Å². The maximum absolute atomic E-state index is 12.7. The zero-order chi connectivity index (χ0) is 14.0. The van der Waals surface area contributed by atoms with Gasteiger partial charge in [-0.15, -0.1) is 0 Å². The lowest BCUT2D eigenvalue weighted by Gasteiger charge is -2.31. The Bertz CT molecular complexity index is 437. The molecule has 1 aliphatic heterocycles. The molecule has 1 aromatic rings. The molecule has 0 unspecified atom stereocenters. The summed E-state index contributed by atoms with van der Waals surface area (Å²) >= 11 is 0. The first-order valence-corrected chi connectivity index (χ1v) is 6.55. The van der Waals surface area contributed by atoms with Gasteiger partial charge in [0, 0.05) is 0 Å². The maximum Gasteiger partial charge on any atom is 0.419 e. The molecule has 2 nitrogen and oxygen atoms in total. The van der Waals surface area contributed by atoms with E-state index in [0.29, 0.717) is 5.56 Å². The molecule has 0 radical (unpaired) electrons. The first-order valence-electron chi connectivity index (χ1n) is 6.55. The Morgan fingerprint density at radius 2 is 1.89 bits per heavy atom. The molecule has 1 fully saturated rings. The Hall–Kier alpha value is -1.23. The van der Waals surface area contributed by atoms with Gasteiger partial charge in [-0.25, -0.2) is 0 Å². The van der Waals surface area contributed by atoms with Crippen LogP contribution in [0.25, 0.3) is 0 Å². The number of nitrogens with zero attached hydrogens (tertiary/aromatic N) is 1. The van der Waals surface area contributed by atoms with E-state index in [1.165, 1.54) is 6.07 Å². The van der Waals surface area contributed by atoms with Crippen LogP contribution in [0.5, 0.6) is 5.75 Å². The van der Waals surface area contributed by atoms with Gasteiger partial charge in [0.2, 0.25) is 0 Å². The molecule has 2 rings (SSSR count). The number of benzene rings is 1. The van der Waals surface area contributed by atoms with Crippen molar-refractivity contribution in [1.29, 1.82) is 0 Å². The van der Waals surface area contributed by atoms with Crippen LogP contribution < -0.4 is 0 Å². The topological polar surface area (TPSA) is 23.5 Å². The molecule has 0 bridgehead atoms. The molecule has 0 saturated carbocycles. The zero-order valence-corrected chi connectivity index (χ0v) is 10.9. The summed E-state index contributed by atoms with van der Waals surface area (Å²) in [5.41, 5.74) is -0.492.